The van der Waals surface area contributed by atoms with Gasteiger partial charge in [-0.05, 0) is 31.9 Å². The van der Waals surface area contributed by atoms with Crippen LogP contribution in [0.15, 0.2) is 0 Å². The van der Waals surface area contributed by atoms with Gasteiger partial charge in [0.05, 0.1) is 11.4 Å². The maximum atomic E-state index is 4.47. The summed E-state index contributed by atoms with van der Waals surface area (Å²) in [5, 5.41) is 11.2. The van der Waals surface area contributed by atoms with E-state index in [-0.39, 0.29) is 5.41 Å². The summed E-state index contributed by atoms with van der Waals surface area (Å²) >= 11 is 0. The molecule has 15 heavy (non-hydrogen) atoms. The van der Waals surface area contributed by atoms with Crippen LogP contribution in [0, 0.1) is 6.92 Å². The molecule has 0 amide bonds. The first-order valence-electron chi connectivity index (χ1n) is 5.79. The molecule has 1 aliphatic rings. The zero-order chi connectivity index (χ0) is 11.1. The Bertz CT molecular complexity index is 340. The average molecular weight is 207 g/mol. The van der Waals surface area contributed by atoms with Crippen molar-refractivity contribution in [3.8, 4) is 0 Å². The Kier molecular flexibility index (Phi) is 2.59. The standard InChI is InChI=1S/C12H21N3/c1-8-10(9-6-5-7-13-9)14-15-11(8)12(2,3)4/h9,13H,5-7H2,1-4H3,(H,14,15). The van der Waals surface area contributed by atoms with E-state index < -0.39 is 0 Å². The van der Waals surface area contributed by atoms with Crippen molar-refractivity contribution in [1.29, 1.82) is 0 Å². The minimum Gasteiger partial charge on any atom is -0.309 e. The van der Waals surface area contributed by atoms with Gasteiger partial charge in [0, 0.05) is 11.5 Å². The van der Waals surface area contributed by atoms with E-state index in [0.717, 1.165) is 6.54 Å². The lowest BCUT2D eigenvalue weighted by Crippen LogP contribution is -2.16. The number of nitrogens with zero attached hydrogens (tertiary/aromatic N) is 1. The molecule has 0 radical (unpaired) electrons. The Morgan fingerprint density at radius 3 is 2.53 bits per heavy atom. The summed E-state index contributed by atoms with van der Waals surface area (Å²) in [6, 6.07) is 0.494. The molecule has 2 heterocycles. The van der Waals surface area contributed by atoms with Gasteiger partial charge in [0.25, 0.3) is 0 Å². The number of aromatic nitrogens is 2. The first kappa shape index (κ1) is 10.7. The van der Waals surface area contributed by atoms with Crippen molar-refractivity contribution in [2.75, 3.05) is 6.54 Å². The minimum atomic E-state index is 0.136. The molecule has 0 spiro atoms. The molecule has 1 atom stereocenters. The van der Waals surface area contributed by atoms with Crippen molar-refractivity contribution in [2.45, 2.75) is 52.0 Å². The molecular weight excluding hydrogens is 186 g/mol. The van der Waals surface area contributed by atoms with Gasteiger partial charge < -0.3 is 5.32 Å². The van der Waals surface area contributed by atoms with Gasteiger partial charge in [0.2, 0.25) is 0 Å². The zero-order valence-corrected chi connectivity index (χ0v) is 10.1. The van der Waals surface area contributed by atoms with Crippen molar-refractivity contribution in [3.63, 3.8) is 0 Å². The molecule has 1 saturated heterocycles. The Hall–Kier alpha value is -0.830. The third-order valence-electron chi connectivity index (χ3n) is 3.17. The number of hydrogen-bond donors (Lipinski definition) is 2. The molecule has 0 bridgehead atoms. The molecule has 1 aliphatic heterocycles. The maximum absolute atomic E-state index is 4.47. The van der Waals surface area contributed by atoms with Crippen LogP contribution in [-0.4, -0.2) is 16.7 Å². The van der Waals surface area contributed by atoms with Crippen molar-refractivity contribution in [1.82, 2.24) is 15.5 Å². The maximum Gasteiger partial charge on any atom is 0.0708 e. The molecule has 1 aromatic rings. The summed E-state index contributed by atoms with van der Waals surface area (Å²) in [6.45, 7) is 9.94. The lowest BCUT2D eigenvalue weighted by molar-refractivity contribution is 0.563. The van der Waals surface area contributed by atoms with E-state index in [1.54, 1.807) is 0 Å². The fourth-order valence-electron chi connectivity index (χ4n) is 2.41. The lowest BCUT2D eigenvalue weighted by atomic mass is 9.88. The minimum absolute atomic E-state index is 0.136. The van der Waals surface area contributed by atoms with E-state index in [1.165, 1.54) is 29.8 Å². The predicted octanol–water partition coefficient (Wildman–Crippen LogP) is 2.44. The van der Waals surface area contributed by atoms with E-state index in [0.29, 0.717) is 6.04 Å². The van der Waals surface area contributed by atoms with E-state index in [1.807, 2.05) is 0 Å². The first-order valence-corrected chi connectivity index (χ1v) is 5.79. The monoisotopic (exact) mass is 207 g/mol. The van der Waals surface area contributed by atoms with Crippen LogP contribution in [0.5, 0.6) is 0 Å². The molecule has 1 fully saturated rings. The van der Waals surface area contributed by atoms with Gasteiger partial charge in [-0.1, -0.05) is 20.8 Å². The molecule has 1 unspecified atom stereocenters. The molecule has 0 aliphatic carbocycles. The first-order chi connectivity index (χ1) is 7.00. The van der Waals surface area contributed by atoms with Crippen LogP contribution in [0.2, 0.25) is 0 Å². The lowest BCUT2D eigenvalue weighted by Gasteiger charge is -2.17. The van der Waals surface area contributed by atoms with Gasteiger partial charge in [-0.2, -0.15) is 5.10 Å². The number of H-pyrrole nitrogens is 1. The Labute approximate surface area is 91.7 Å². The molecule has 0 aromatic carbocycles. The number of nitrogens with one attached hydrogen (secondary N) is 2. The normalized spacial score (nSPS) is 22.3. The second-order valence-corrected chi connectivity index (χ2v) is 5.51. The third kappa shape index (κ3) is 1.93. The molecule has 84 valence electrons. The highest BCUT2D eigenvalue weighted by Crippen LogP contribution is 2.30. The zero-order valence-electron chi connectivity index (χ0n) is 10.1. The van der Waals surface area contributed by atoms with Gasteiger partial charge >= 0.3 is 0 Å². The number of aromatic amines is 1. The van der Waals surface area contributed by atoms with Crippen LogP contribution >= 0.6 is 0 Å². The fourth-order valence-corrected chi connectivity index (χ4v) is 2.41. The van der Waals surface area contributed by atoms with Crippen LogP contribution in [0.3, 0.4) is 0 Å². The summed E-state index contributed by atoms with van der Waals surface area (Å²) in [4.78, 5) is 0. The molecule has 0 saturated carbocycles. The smallest absolute Gasteiger partial charge is 0.0708 e. The van der Waals surface area contributed by atoms with Gasteiger partial charge in [-0.25, -0.2) is 0 Å². The highest BCUT2D eigenvalue weighted by atomic mass is 15.2. The van der Waals surface area contributed by atoms with Crippen LogP contribution in [0.1, 0.15) is 56.6 Å². The highest BCUT2D eigenvalue weighted by molar-refractivity contribution is 5.31. The molecule has 3 nitrogen and oxygen atoms in total. The quantitative estimate of drug-likeness (QED) is 0.742. The Morgan fingerprint density at radius 1 is 1.33 bits per heavy atom. The second kappa shape index (κ2) is 3.63. The van der Waals surface area contributed by atoms with Crippen molar-refractivity contribution >= 4 is 0 Å². The van der Waals surface area contributed by atoms with Crippen LogP contribution in [0.4, 0.5) is 0 Å². The number of rotatable bonds is 1. The molecule has 1 aromatic heterocycles. The van der Waals surface area contributed by atoms with Crippen LogP contribution in [0.25, 0.3) is 0 Å². The van der Waals surface area contributed by atoms with E-state index in [9.17, 15) is 0 Å². The molecule has 3 heteroatoms. The summed E-state index contributed by atoms with van der Waals surface area (Å²) < 4.78 is 0. The molecule has 2 N–H and O–H groups in total. The van der Waals surface area contributed by atoms with Crippen LogP contribution < -0.4 is 5.32 Å². The van der Waals surface area contributed by atoms with E-state index in [2.05, 4.69) is 43.2 Å². The molecular formula is C12H21N3. The van der Waals surface area contributed by atoms with Gasteiger partial charge in [0.15, 0.2) is 0 Å². The largest absolute Gasteiger partial charge is 0.309 e. The summed E-state index contributed by atoms with van der Waals surface area (Å²) in [6.07, 6.45) is 2.50. The van der Waals surface area contributed by atoms with Crippen molar-refractivity contribution in [3.05, 3.63) is 17.0 Å². The number of hydrogen-bond acceptors (Lipinski definition) is 2. The summed E-state index contributed by atoms with van der Waals surface area (Å²) in [5.74, 6) is 0. The van der Waals surface area contributed by atoms with E-state index in [4.69, 9.17) is 0 Å². The Balaban J connectivity index is 2.31. The fraction of sp³-hybridized carbons (Fsp3) is 0.750. The van der Waals surface area contributed by atoms with Gasteiger partial charge in [0.1, 0.15) is 0 Å². The third-order valence-corrected chi connectivity index (χ3v) is 3.17. The topological polar surface area (TPSA) is 40.7 Å². The predicted molar refractivity (Wildman–Crippen MR) is 62.0 cm³/mol. The molecule has 2 rings (SSSR count). The van der Waals surface area contributed by atoms with Gasteiger partial charge in [-0.15, -0.1) is 0 Å². The Morgan fingerprint density at radius 2 is 2.07 bits per heavy atom. The van der Waals surface area contributed by atoms with Crippen molar-refractivity contribution < 1.29 is 0 Å². The average Bonchev–Trinajstić information content (AvgIpc) is 2.69. The van der Waals surface area contributed by atoms with Crippen molar-refractivity contribution in [2.24, 2.45) is 0 Å². The van der Waals surface area contributed by atoms with E-state index >= 15 is 0 Å². The highest BCUT2D eigenvalue weighted by Gasteiger charge is 2.26. The SMILES string of the molecule is Cc1c(C(C)(C)C)n[nH]c1C1CCCN1. The van der Waals surface area contributed by atoms with Gasteiger partial charge in [-0.3, -0.25) is 5.10 Å². The summed E-state index contributed by atoms with van der Waals surface area (Å²) in [5.41, 5.74) is 3.96. The summed E-state index contributed by atoms with van der Waals surface area (Å²) in [7, 11) is 0. The van der Waals surface area contributed by atoms with Crippen LogP contribution in [-0.2, 0) is 5.41 Å². The second-order valence-electron chi connectivity index (χ2n) is 5.51.